The molecule has 5 heteroatoms. The van der Waals surface area contributed by atoms with E-state index < -0.39 is 5.97 Å². The summed E-state index contributed by atoms with van der Waals surface area (Å²) in [7, 11) is 0. The third kappa shape index (κ3) is 2.99. The van der Waals surface area contributed by atoms with Crippen LogP contribution in [-0.4, -0.2) is 22.2 Å². The van der Waals surface area contributed by atoms with E-state index in [0.29, 0.717) is 5.69 Å². The van der Waals surface area contributed by atoms with Crippen LogP contribution in [0.3, 0.4) is 0 Å². The van der Waals surface area contributed by atoms with Crippen molar-refractivity contribution >= 4 is 29.3 Å². The smallest absolute Gasteiger partial charge is 0.337 e. The van der Waals surface area contributed by atoms with Gasteiger partial charge in [0.05, 0.1) is 16.5 Å². The summed E-state index contributed by atoms with van der Waals surface area (Å²) >= 11 is 1.54. The highest BCUT2D eigenvalue weighted by Crippen LogP contribution is 2.35. The van der Waals surface area contributed by atoms with Gasteiger partial charge in [-0.15, -0.1) is 11.8 Å². The number of hydrogen-bond acceptors (Lipinski definition) is 3. The van der Waals surface area contributed by atoms with Crippen LogP contribution in [0.5, 0.6) is 0 Å². The molecule has 0 saturated heterocycles. The summed E-state index contributed by atoms with van der Waals surface area (Å²) in [5.74, 6) is -1.19. The lowest BCUT2D eigenvalue weighted by atomic mass is 10.1. The molecule has 0 aliphatic carbocycles. The second-order valence-corrected chi connectivity index (χ2v) is 6.34. The van der Waals surface area contributed by atoms with Gasteiger partial charge in [0, 0.05) is 4.90 Å². The largest absolute Gasteiger partial charge is 0.478 e. The Morgan fingerprint density at radius 3 is 2.64 bits per heavy atom. The fourth-order valence-corrected chi connectivity index (χ4v) is 3.69. The molecule has 22 heavy (non-hydrogen) atoms. The van der Waals surface area contributed by atoms with Gasteiger partial charge in [0.25, 0.3) is 0 Å². The zero-order valence-electron chi connectivity index (χ0n) is 11.8. The molecule has 2 aromatic carbocycles. The number of para-hydroxylation sites is 1. The maximum absolute atomic E-state index is 12.4. The molecule has 0 radical (unpaired) electrons. The third-order valence-corrected chi connectivity index (χ3v) is 5.01. The fourth-order valence-electron chi connectivity index (χ4n) is 2.50. The van der Waals surface area contributed by atoms with Crippen LogP contribution in [0.2, 0.25) is 0 Å². The van der Waals surface area contributed by atoms with E-state index in [1.807, 2.05) is 18.2 Å². The van der Waals surface area contributed by atoms with Crippen molar-refractivity contribution in [1.29, 1.82) is 0 Å². The maximum atomic E-state index is 12.4. The molecule has 0 aromatic heterocycles. The molecule has 0 saturated carbocycles. The van der Waals surface area contributed by atoms with Crippen molar-refractivity contribution in [2.75, 3.05) is 5.32 Å². The summed E-state index contributed by atoms with van der Waals surface area (Å²) in [6.45, 7) is 0. The molecule has 2 N–H and O–H groups in total. The topological polar surface area (TPSA) is 66.4 Å². The molecule has 1 atom stereocenters. The van der Waals surface area contributed by atoms with E-state index in [4.69, 9.17) is 5.11 Å². The predicted octanol–water partition coefficient (Wildman–Crippen LogP) is 3.43. The Kier molecular flexibility index (Phi) is 4.15. The Morgan fingerprint density at radius 2 is 1.82 bits per heavy atom. The first-order chi connectivity index (χ1) is 10.6. The number of benzene rings is 2. The molecule has 0 spiro atoms. The highest BCUT2D eigenvalue weighted by molar-refractivity contribution is 8.00. The first kappa shape index (κ1) is 14.7. The average Bonchev–Trinajstić information content (AvgIpc) is 2.54. The number of anilines is 1. The number of rotatable bonds is 3. The molecule has 1 unspecified atom stereocenters. The number of carboxylic acids is 1. The van der Waals surface area contributed by atoms with E-state index in [-0.39, 0.29) is 16.7 Å². The molecular formula is C17H15NO3S. The van der Waals surface area contributed by atoms with Gasteiger partial charge in [-0.25, -0.2) is 4.79 Å². The van der Waals surface area contributed by atoms with Crippen molar-refractivity contribution in [1.82, 2.24) is 0 Å². The fraction of sp³-hybridized carbons (Fsp3) is 0.176. The number of carbonyl (C=O) groups is 2. The zero-order valence-corrected chi connectivity index (χ0v) is 12.6. The average molecular weight is 313 g/mol. The van der Waals surface area contributed by atoms with Crippen molar-refractivity contribution in [2.45, 2.75) is 23.0 Å². The molecule has 3 rings (SSSR count). The number of hydrogen-bond donors (Lipinski definition) is 2. The molecule has 1 aliphatic rings. The summed E-state index contributed by atoms with van der Waals surface area (Å²) in [6, 6.07) is 14.5. The highest BCUT2D eigenvalue weighted by Gasteiger charge is 2.26. The van der Waals surface area contributed by atoms with Gasteiger partial charge < -0.3 is 10.4 Å². The summed E-state index contributed by atoms with van der Waals surface area (Å²) in [4.78, 5) is 24.7. The molecule has 112 valence electrons. The van der Waals surface area contributed by atoms with Gasteiger partial charge in [-0.1, -0.05) is 30.3 Å². The molecule has 2 aromatic rings. The lowest BCUT2D eigenvalue weighted by Gasteiger charge is -2.23. The molecule has 1 aliphatic heterocycles. The molecule has 0 fully saturated rings. The normalized spacial score (nSPS) is 16.6. The van der Waals surface area contributed by atoms with Gasteiger partial charge in [0.2, 0.25) is 5.91 Å². The first-order valence-electron chi connectivity index (χ1n) is 7.03. The number of amides is 1. The standard InChI is InChI=1S/C17H15NO3S/c19-16(18-13-7-3-2-6-12(13)17(20)21)15-10-9-11-5-1-4-8-14(11)22-15/h1-8,15H,9-10H2,(H,18,19)(H,20,21). The summed E-state index contributed by atoms with van der Waals surface area (Å²) < 4.78 is 0. The molecule has 4 nitrogen and oxygen atoms in total. The Morgan fingerprint density at radius 1 is 1.09 bits per heavy atom. The van der Waals surface area contributed by atoms with Crippen molar-refractivity contribution in [3.63, 3.8) is 0 Å². The monoisotopic (exact) mass is 313 g/mol. The number of carboxylic acid groups (broad SMARTS) is 1. The van der Waals surface area contributed by atoms with Gasteiger partial charge in [-0.05, 0) is 36.6 Å². The van der Waals surface area contributed by atoms with E-state index in [0.717, 1.165) is 17.7 Å². The number of aryl methyl sites for hydroxylation is 1. The number of aromatic carboxylic acids is 1. The van der Waals surface area contributed by atoms with Gasteiger partial charge >= 0.3 is 5.97 Å². The minimum atomic E-state index is -1.04. The van der Waals surface area contributed by atoms with Gasteiger partial charge in [-0.3, -0.25) is 4.79 Å². The van der Waals surface area contributed by atoms with Crippen LogP contribution >= 0.6 is 11.8 Å². The minimum absolute atomic E-state index is 0.108. The van der Waals surface area contributed by atoms with E-state index in [1.165, 1.54) is 23.4 Å². The van der Waals surface area contributed by atoms with Crippen LogP contribution in [0, 0.1) is 0 Å². The van der Waals surface area contributed by atoms with E-state index >= 15 is 0 Å². The number of thioether (sulfide) groups is 1. The SMILES string of the molecule is O=C(O)c1ccccc1NC(=O)C1CCc2ccccc2S1. The van der Waals surface area contributed by atoms with Gasteiger partial charge in [0.15, 0.2) is 0 Å². The number of carbonyl (C=O) groups excluding carboxylic acids is 1. The zero-order chi connectivity index (χ0) is 15.5. The lowest BCUT2D eigenvalue weighted by Crippen LogP contribution is -2.28. The Bertz CT molecular complexity index is 729. The van der Waals surface area contributed by atoms with Crippen LogP contribution in [-0.2, 0) is 11.2 Å². The highest BCUT2D eigenvalue weighted by atomic mass is 32.2. The minimum Gasteiger partial charge on any atom is -0.478 e. The Hall–Kier alpha value is -2.27. The quantitative estimate of drug-likeness (QED) is 0.911. The van der Waals surface area contributed by atoms with Crippen LogP contribution in [0.1, 0.15) is 22.3 Å². The molecule has 0 bridgehead atoms. The second kappa shape index (κ2) is 6.23. The van der Waals surface area contributed by atoms with Crippen molar-refractivity contribution in [3.8, 4) is 0 Å². The second-order valence-electron chi connectivity index (χ2n) is 5.09. The summed E-state index contributed by atoms with van der Waals surface area (Å²) in [5, 5.41) is 11.7. The molecule has 1 amide bonds. The van der Waals surface area contributed by atoms with Crippen LogP contribution < -0.4 is 5.32 Å². The van der Waals surface area contributed by atoms with Crippen LogP contribution in [0.4, 0.5) is 5.69 Å². The Labute approximate surface area is 132 Å². The van der Waals surface area contributed by atoms with Crippen molar-refractivity contribution in [2.24, 2.45) is 0 Å². The van der Waals surface area contributed by atoms with Crippen LogP contribution in [0.25, 0.3) is 0 Å². The van der Waals surface area contributed by atoms with Gasteiger partial charge in [-0.2, -0.15) is 0 Å². The first-order valence-corrected chi connectivity index (χ1v) is 7.91. The summed E-state index contributed by atoms with van der Waals surface area (Å²) in [6.07, 6.45) is 1.62. The predicted molar refractivity (Wildman–Crippen MR) is 86.4 cm³/mol. The Balaban J connectivity index is 1.75. The molecular weight excluding hydrogens is 298 g/mol. The molecule has 1 heterocycles. The van der Waals surface area contributed by atoms with Crippen LogP contribution in [0.15, 0.2) is 53.4 Å². The van der Waals surface area contributed by atoms with E-state index in [2.05, 4.69) is 11.4 Å². The third-order valence-electron chi connectivity index (χ3n) is 3.63. The number of nitrogens with one attached hydrogen (secondary N) is 1. The summed E-state index contributed by atoms with van der Waals surface area (Å²) in [5.41, 5.74) is 1.72. The van der Waals surface area contributed by atoms with Crippen molar-refractivity contribution in [3.05, 3.63) is 59.7 Å². The van der Waals surface area contributed by atoms with E-state index in [9.17, 15) is 9.59 Å². The lowest BCUT2D eigenvalue weighted by molar-refractivity contribution is -0.115. The number of fused-ring (bicyclic) bond motifs is 1. The van der Waals surface area contributed by atoms with Crippen molar-refractivity contribution < 1.29 is 14.7 Å². The van der Waals surface area contributed by atoms with E-state index in [1.54, 1.807) is 18.2 Å². The van der Waals surface area contributed by atoms with Gasteiger partial charge in [0.1, 0.15) is 0 Å². The maximum Gasteiger partial charge on any atom is 0.337 e.